The van der Waals surface area contributed by atoms with Crippen LogP contribution in [0.2, 0.25) is 5.02 Å². The van der Waals surface area contributed by atoms with Crippen molar-refractivity contribution < 1.29 is 18.7 Å². The van der Waals surface area contributed by atoms with Crippen LogP contribution in [-0.4, -0.2) is 42.5 Å². The summed E-state index contributed by atoms with van der Waals surface area (Å²) >= 11 is 5.81. The average Bonchev–Trinajstić information content (AvgIpc) is 2.65. The summed E-state index contributed by atoms with van der Waals surface area (Å²) in [5.74, 6) is -1.31. The van der Waals surface area contributed by atoms with Gasteiger partial charge in [0.1, 0.15) is 12.4 Å². The summed E-state index contributed by atoms with van der Waals surface area (Å²) in [6.45, 7) is 0.963. The van der Waals surface area contributed by atoms with E-state index in [0.717, 1.165) is 11.6 Å². The van der Waals surface area contributed by atoms with Gasteiger partial charge >= 0.3 is 0 Å². The first-order chi connectivity index (χ1) is 12.5. The number of hydrogen-bond donors (Lipinski definition) is 1. The molecule has 0 bridgehead atoms. The topological polar surface area (TPSA) is 58.6 Å². The third-order valence-electron chi connectivity index (χ3n) is 4.10. The van der Waals surface area contributed by atoms with E-state index in [-0.39, 0.29) is 35.7 Å². The summed E-state index contributed by atoms with van der Waals surface area (Å²) < 4.78 is 19.2. The fraction of sp³-hybridized carbons (Fsp3) is 0.263. The van der Waals surface area contributed by atoms with Crippen molar-refractivity contribution in [2.24, 2.45) is 0 Å². The van der Waals surface area contributed by atoms with Crippen molar-refractivity contribution in [2.75, 3.05) is 19.7 Å². The molecule has 26 heavy (non-hydrogen) atoms. The van der Waals surface area contributed by atoms with Gasteiger partial charge in [-0.15, -0.1) is 0 Å². The van der Waals surface area contributed by atoms with E-state index in [1.807, 2.05) is 30.3 Å². The molecule has 0 saturated carbocycles. The van der Waals surface area contributed by atoms with Gasteiger partial charge in [0.2, 0.25) is 5.91 Å². The summed E-state index contributed by atoms with van der Waals surface area (Å²) in [5.41, 5.74) is 0.900. The number of benzene rings is 2. The number of morpholine rings is 1. The van der Waals surface area contributed by atoms with Crippen molar-refractivity contribution in [2.45, 2.75) is 12.6 Å². The van der Waals surface area contributed by atoms with E-state index >= 15 is 0 Å². The van der Waals surface area contributed by atoms with Crippen molar-refractivity contribution in [3.8, 4) is 0 Å². The van der Waals surface area contributed by atoms with Crippen molar-refractivity contribution in [3.05, 3.63) is 70.5 Å². The van der Waals surface area contributed by atoms with Gasteiger partial charge in [0.05, 0.1) is 11.7 Å². The fourth-order valence-corrected chi connectivity index (χ4v) is 2.91. The van der Waals surface area contributed by atoms with Crippen LogP contribution in [0.4, 0.5) is 4.39 Å². The molecule has 1 unspecified atom stereocenters. The van der Waals surface area contributed by atoms with Crippen molar-refractivity contribution in [3.63, 3.8) is 0 Å². The molecule has 1 heterocycles. The third-order valence-corrected chi connectivity index (χ3v) is 4.33. The second kappa shape index (κ2) is 8.29. The molecule has 2 aromatic carbocycles. The molecule has 0 aromatic heterocycles. The number of nitrogens with one attached hydrogen (secondary N) is 1. The molecular formula is C19H18ClFN2O3. The summed E-state index contributed by atoms with van der Waals surface area (Å²) in [4.78, 5) is 25.9. The second-order valence-electron chi connectivity index (χ2n) is 6.03. The summed E-state index contributed by atoms with van der Waals surface area (Å²) in [7, 11) is 0. The molecule has 1 aliphatic heterocycles. The fourth-order valence-electron chi connectivity index (χ4n) is 2.73. The molecule has 0 aliphatic carbocycles. The van der Waals surface area contributed by atoms with Crippen LogP contribution in [0.1, 0.15) is 15.9 Å². The van der Waals surface area contributed by atoms with E-state index in [1.54, 1.807) is 4.90 Å². The summed E-state index contributed by atoms with van der Waals surface area (Å²) in [6.07, 6.45) is -0.359. The van der Waals surface area contributed by atoms with Gasteiger partial charge < -0.3 is 15.0 Å². The Hall–Kier alpha value is -2.44. The van der Waals surface area contributed by atoms with Gasteiger partial charge in [-0.05, 0) is 23.8 Å². The highest BCUT2D eigenvalue weighted by Gasteiger charge is 2.27. The zero-order chi connectivity index (χ0) is 18.5. The van der Waals surface area contributed by atoms with Gasteiger partial charge in [0.25, 0.3) is 5.91 Å². The predicted molar refractivity (Wildman–Crippen MR) is 95.3 cm³/mol. The van der Waals surface area contributed by atoms with E-state index in [0.29, 0.717) is 13.1 Å². The van der Waals surface area contributed by atoms with Crippen LogP contribution in [0.25, 0.3) is 0 Å². The highest BCUT2D eigenvalue weighted by atomic mass is 35.5. The lowest BCUT2D eigenvalue weighted by Crippen LogP contribution is -2.50. The van der Waals surface area contributed by atoms with E-state index in [2.05, 4.69) is 5.32 Å². The minimum absolute atomic E-state index is 0.0428. The standard InChI is InChI=1S/C19H18ClFN2O3/c20-14-6-7-17(21)16(8-14)19(25)22-9-15-11-23(18(24)12-26-15)10-13-4-2-1-3-5-13/h1-8,15H,9-12H2,(H,22,25). The lowest BCUT2D eigenvalue weighted by atomic mass is 10.1. The number of halogens is 2. The molecule has 1 saturated heterocycles. The van der Waals surface area contributed by atoms with Crippen LogP contribution in [0.5, 0.6) is 0 Å². The molecule has 5 nitrogen and oxygen atoms in total. The molecule has 7 heteroatoms. The lowest BCUT2D eigenvalue weighted by Gasteiger charge is -2.33. The first-order valence-electron chi connectivity index (χ1n) is 8.19. The predicted octanol–water partition coefficient (Wildman–Crippen LogP) is 2.64. The Balaban J connectivity index is 1.57. The molecule has 1 fully saturated rings. The molecular weight excluding hydrogens is 359 g/mol. The normalized spacial score (nSPS) is 17.2. The highest BCUT2D eigenvalue weighted by molar-refractivity contribution is 6.31. The van der Waals surface area contributed by atoms with Gasteiger partial charge in [0.15, 0.2) is 0 Å². The van der Waals surface area contributed by atoms with E-state index in [9.17, 15) is 14.0 Å². The maximum Gasteiger partial charge on any atom is 0.254 e. The summed E-state index contributed by atoms with van der Waals surface area (Å²) in [5, 5.41) is 2.92. The maximum atomic E-state index is 13.7. The molecule has 2 amide bonds. The van der Waals surface area contributed by atoms with Gasteiger partial charge in [-0.1, -0.05) is 41.9 Å². The number of rotatable bonds is 5. The van der Waals surface area contributed by atoms with E-state index in [4.69, 9.17) is 16.3 Å². The summed E-state index contributed by atoms with van der Waals surface area (Å²) in [6, 6.07) is 13.4. The molecule has 136 valence electrons. The second-order valence-corrected chi connectivity index (χ2v) is 6.46. The van der Waals surface area contributed by atoms with Crippen LogP contribution in [0.15, 0.2) is 48.5 Å². The zero-order valence-corrected chi connectivity index (χ0v) is 14.7. The third kappa shape index (κ3) is 4.59. The van der Waals surface area contributed by atoms with E-state index in [1.165, 1.54) is 12.1 Å². The quantitative estimate of drug-likeness (QED) is 0.872. The first kappa shape index (κ1) is 18.4. The molecule has 0 spiro atoms. The van der Waals surface area contributed by atoms with Crippen LogP contribution < -0.4 is 5.32 Å². The Morgan fingerprint density at radius 3 is 2.81 bits per heavy atom. The van der Waals surface area contributed by atoms with Gasteiger partial charge in [-0.25, -0.2) is 4.39 Å². The van der Waals surface area contributed by atoms with Crippen LogP contribution >= 0.6 is 11.6 Å². The Morgan fingerprint density at radius 1 is 1.27 bits per heavy atom. The monoisotopic (exact) mass is 376 g/mol. The first-order valence-corrected chi connectivity index (χ1v) is 8.57. The molecule has 1 aliphatic rings. The smallest absolute Gasteiger partial charge is 0.254 e. The van der Waals surface area contributed by atoms with Crippen LogP contribution in [0.3, 0.4) is 0 Å². The van der Waals surface area contributed by atoms with Gasteiger partial charge in [-0.2, -0.15) is 0 Å². The Morgan fingerprint density at radius 2 is 2.04 bits per heavy atom. The zero-order valence-electron chi connectivity index (χ0n) is 14.0. The van der Waals surface area contributed by atoms with Crippen molar-refractivity contribution in [1.29, 1.82) is 0 Å². The number of carbonyl (C=O) groups is 2. The van der Waals surface area contributed by atoms with Gasteiger partial charge in [0, 0.05) is 24.7 Å². The largest absolute Gasteiger partial charge is 0.365 e. The van der Waals surface area contributed by atoms with Crippen molar-refractivity contribution in [1.82, 2.24) is 10.2 Å². The van der Waals surface area contributed by atoms with E-state index < -0.39 is 11.7 Å². The average molecular weight is 377 g/mol. The number of amides is 2. The van der Waals surface area contributed by atoms with Crippen molar-refractivity contribution >= 4 is 23.4 Å². The number of hydrogen-bond acceptors (Lipinski definition) is 3. The van der Waals surface area contributed by atoms with Crippen LogP contribution in [0, 0.1) is 5.82 Å². The molecule has 1 atom stereocenters. The molecule has 0 radical (unpaired) electrons. The molecule has 1 N–H and O–H groups in total. The number of ether oxygens (including phenoxy) is 1. The highest BCUT2D eigenvalue weighted by Crippen LogP contribution is 2.15. The lowest BCUT2D eigenvalue weighted by molar-refractivity contribution is -0.149. The Labute approximate surface area is 155 Å². The minimum atomic E-state index is -0.641. The number of nitrogens with zero attached hydrogens (tertiary/aromatic N) is 1. The molecule has 3 rings (SSSR count). The minimum Gasteiger partial charge on any atom is -0.365 e. The Kier molecular flexibility index (Phi) is 5.85. The number of carbonyl (C=O) groups excluding carboxylic acids is 2. The molecule has 2 aromatic rings. The van der Waals surface area contributed by atoms with Crippen LogP contribution in [-0.2, 0) is 16.1 Å². The van der Waals surface area contributed by atoms with Gasteiger partial charge in [-0.3, -0.25) is 9.59 Å². The maximum absolute atomic E-state index is 13.7. The Bertz CT molecular complexity index is 801. The SMILES string of the molecule is O=C(NCC1CN(Cc2ccccc2)C(=O)CO1)c1cc(Cl)ccc1F.